The van der Waals surface area contributed by atoms with E-state index in [1.807, 2.05) is 24.4 Å². The number of piperidine rings is 1. The third-order valence-corrected chi connectivity index (χ3v) is 3.70. The highest BCUT2D eigenvalue weighted by molar-refractivity contribution is 5.91. The lowest BCUT2D eigenvalue weighted by Crippen LogP contribution is -2.34. The van der Waals surface area contributed by atoms with E-state index in [0.717, 1.165) is 37.7 Å². The van der Waals surface area contributed by atoms with Crippen molar-refractivity contribution in [1.82, 2.24) is 4.98 Å². The van der Waals surface area contributed by atoms with Gasteiger partial charge in [-0.25, -0.2) is 0 Å². The third kappa shape index (κ3) is 1.96. The predicted octanol–water partition coefficient (Wildman–Crippen LogP) is 2.65. The molecule has 18 heavy (non-hydrogen) atoms. The first-order valence-electron chi connectivity index (χ1n) is 6.42. The van der Waals surface area contributed by atoms with Crippen LogP contribution in [0.25, 0.3) is 10.9 Å². The Balaban J connectivity index is 1.93. The first-order chi connectivity index (χ1) is 8.88. The van der Waals surface area contributed by atoms with Crippen LogP contribution in [0.2, 0.25) is 0 Å². The lowest BCUT2D eigenvalue weighted by atomic mass is 9.98. The quantitative estimate of drug-likeness (QED) is 0.757. The van der Waals surface area contributed by atoms with Crippen molar-refractivity contribution >= 4 is 22.9 Å². The minimum Gasteiger partial charge on any atom is -0.371 e. The summed E-state index contributed by atoms with van der Waals surface area (Å²) in [5, 5.41) is 1.20. The molecule has 1 aliphatic rings. The van der Waals surface area contributed by atoms with Crippen LogP contribution in [0.15, 0.2) is 36.5 Å². The highest BCUT2D eigenvalue weighted by Gasteiger charge is 2.19. The summed E-state index contributed by atoms with van der Waals surface area (Å²) >= 11 is 0. The number of pyridine rings is 1. The molecule has 0 spiro atoms. The molecular weight excluding hydrogens is 224 g/mol. The number of aldehydes is 1. The number of hydrogen-bond acceptors (Lipinski definition) is 3. The number of carbonyl (C=O) groups is 1. The first kappa shape index (κ1) is 11.2. The van der Waals surface area contributed by atoms with E-state index in [2.05, 4.69) is 22.0 Å². The third-order valence-electron chi connectivity index (χ3n) is 3.70. The molecule has 2 heterocycles. The van der Waals surface area contributed by atoms with Gasteiger partial charge in [0.05, 0.1) is 5.52 Å². The van der Waals surface area contributed by atoms with Crippen LogP contribution in [-0.4, -0.2) is 24.4 Å². The van der Waals surface area contributed by atoms with Gasteiger partial charge in [0.25, 0.3) is 0 Å². The summed E-state index contributed by atoms with van der Waals surface area (Å²) in [6.45, 7) is 1.91. The van der Waals surface area contributed by atoms with Crippen LogP contribution in [0.3, 0.4) is 0 Å². The van der Waals surface area contributed by atoms with E-state index >= 15 is 0 Å². The van der Waals surface area contributed by atoms with Crippen LogP contribution in [0, 0.1) is 5.92 Å². The zero-order valence-corrected chi connectivity index (χ0v) is 10.2. The number of aromatic nitrogens is 1. The summed E-state index contributed by atoms with van der Waals surface area (Å²) in [4.78, 5) is 17.5. The van der Waals surface area contributed by atoms with Crippen LogP contribution in [0.4, 0.5) is 5.69 Å². The lowest BCUT2D eigenvalue weighted by Gasteiger charge is -2.32. The van der Waals surface area contributed by atoms with Gasteiger partial charge in [-0.05, 0) is 25.0 Å². The standard InChI is InChI=1S/C15H16N2O/c18-11-12-6-9-17(10-7-12)15-5-8-16-14-4-2-1-3-13(14)15/h1-5,8,11-12H,6-7,9-10H2. The lowest BCUT2D eigenvalue weighted by molar-refractivity contribution is -0.111. The smallest absolute Gasteiger partial charge is 0.123 e. The maximum Gasteiger partial charge on any atom is 0.123 e. The molecule has 3 nitrogen and oxygen atoms in total. The van der Waals surface area contributed by atoms with E-state index in [9.17, 15) is 4.79 Å². The van der Waals surface area contributed by atoms with Crippen LogP contribution in [0.5, 0.6) is 0 Å². The highest BCUT2D eigenvalue weighted by atomic mass is 16.1. The Labute approximate surface area is 106 Å². The van der Waals surface area contributed by atoms with Gasteiger partial charge in [-0.2, -0.15) is 0 Å². The average Bonchev–Trinajstić information content (AvgIpc) is 2.47. The Morgan fingerprint density at radius 1 is 1.17 bits per heavy atom. The van der Waals surface area contributed by atoms with Crippen LogP contribution < -0.4 is 4.90 Å². The second kappa shape index (κ2) is 4.77. The van der Waals surface area contributed by atoms with E-state index in [1.165, 1.54) is 11.1 Å². The predicted molar refractivity (Wildman–Crippen MR) is 72.7 cm³/mol. The van der Waals surface area contributed by atoms with Crippen LogP contribution in [0.1, 0.15) is 12.8 Å². The monoisotopic (exact) mass is 240 g/mol. The zero-order chi connectivity index (χ0) is 12.4. The van der Waals surface area contributed by atoms with Crippen molar-refractivity contribution in [2.45, 2.75) is 12.8 Å². The number of rotatable bonds is 2. The number of fused-ring (bicyclic) bond motifs is 1. The first-order valence-corrected chi connectivity index (χ1v) is 6.42. The normalized spacial score (nSPS) is 17.0. The van der Waals surface area contributed by atoms with E-state index in [1.54, 1.807) is 0 Å². The molecule has 3 rings (SSSR count). The molecule has 0 radical (unpaired) electrons. The minimum absolute atomic E-state index is 0.245. The minimum atomic E-state index is 0.245. The van der Waals surface area contributed by atoms with Crippen molar-refractivity contribution < 1.29 is 4.79 Å². The summed E-state index contributed by atoms with van der Waals surface area (Å²) in [6, 6.07) is 10.3. The number of hydrogen-bond donors (Lipinski definition) is 0. The summed E-state index contributed by atoms with van der Waals surface area (Å²) in [6.07, 6.45) is 4.88. The zero-order valence-electron chi connectivity index (χ0n) is 10.2. The molecule has 1 aromatic carbocycles. The topological polar surface area (TPSA) is 33.2 Å². The molecule has 0 saturated carbocycles. The Kier molecular flexibility index (Phi) is 2.97. The Hall–Kier alpha value is -1.90. The molecule has 1 saturated heterocycles. The largest absolute Gasteiger partial charge is 0.371 e. The molecule has 0 bridgehead atoms. The van der Waals surface area contributed by atoms with E-state index in [0.29, 0.717) is 0 Å². The summed E-state index contributed by atoms with van der Waals surface area (Å²) in [5.74, 6) is 0.245. The number of anilines is 1. The van der Waals surface area contributed by atoms with E-state index in [4.69, 9.17) is 0 Å². The van der Waals surface area contributed by atoms with Gasteiger partial charge in [-0.15, -0.1) is 0 Å². The molecule has 1 aliphatic heterocycles. The van der Waals surface area contributed by atoms with Crippen LogP contribution in [-0.2, 0) is 4.79 Å². The number of para-hydroxylation sites is 1. The van der Waals surface area contributed by atoms with Crippen molar-refractivity contribution in [3.63, 3.8) is 0 Å². The van der Waals surface area contributed by atoms with Crippen molar-refractivity contribution in [3.05, 3.63) is 36.5 Å². The van der Waals surface area contributed by atoms with Gasteiger partial charge in [-0.3, -0.25) is 4.98 Å². The van der Waals surface area contributed by atoms with Crippen molar-refractivity contribution in [2.75, 3.05) is 18.0 Å². The molecule has 1 aromatic heterocycles. The van der Waals surface area contributed by atoms with Crippen molar-refractivity contribution in [2.24, 2.45) is 5.92 Å². The summed E-state index contributed by atoms with van der Waals surface area (Å²) in [7, 11) is 0. The molecule has 3 heteroatoms. The summed E-state index contributed by atoms with van der Waals surface area (Å²) in [5.41, 5.74) is 2.28. The molecule has 0 atom stereocenters. The molecule has 0 N–H and O–H groups in total. The fourth-order valence-electron chi connectivity index (χ4n) is 2.63. The number of carbonyl (C=O) groups excluding carboxylic acids is 1. The Morgan fingerprint density at radius 3 is 2.72 bits per heavy atom. The van der Waals surface area contributed by atoms with Crippen molar-refractivity contribution in [3.8, 4) is 0 Å². The molecule has 1 fully saturated rings. The van der Waals surface area contributed by atoms with Gasteiger partial charge in [0.2, 0.25) is 0 Å². The molecule has 0 unspecified atom stereocenters. The molecule has 2 aromatic rings. The van der Waals surface area contributed by atoms with Gasteiger partial charge in [-0.1, -0.05) is 18.2 Å². The second-order valence-electron chi connectivity index (χ2n) is 4.81. The molecule has 0 amide bonds. The Bertz CT molecular complexity index is 554. The van der Waals surface area contributed by atoms with E-state index in [-0.39, 0.29) is 5.92 Å². The van der Waals surface area contributed by atoms with Gasteiger partial charge in [0.15, 0.2) is 0 Å². The van der Waals surface area contributed by atoms with Crippen molar-refractivity contribution in [1.29, 1.82) is 0 Å². The van der Waals surface area contributed by atoms with Gasteiger partial charge in [0.1, 0.15) is 6.29 Å². The second-order valence-corrected chi connectivity index (χ2v) is 4.81. The molecular formula is C15H16N2O. The molecule has 92 valence electrons. The van der Waals surface area contributed by atoms with E-state index < -0.39 is 0 Å². The fourth-order valence-corrected chi connectivity index (χ4v) is 2.63. The SMILES string of the molecule is O=CC1CCN(c2ccnc3ccccc23)CC1. The Morgan fingerprint density at radius 2 is 1.94 bits per heavy atom. The fraction of sp³-hybridized carbons (Fsp3) is 0.333. The highest BCUT2D eigenvalue weighted by Crippen LogP contribution is 2.28. The van der Waals surface area contributed by atoms with Gasteiger partial charge in [0, 0.05) is 36.3 Å². The summed E-state index contributed by atoms with van der Waals surface area (Å²) < 4.78 is 0. The van der Waals surface area contributed by atoms with Gasteiger partial charge < -0.3 is 9.69 Å². The van der Waals surface area contributed by atoms with Gasteiger partial charge >= 0.3 is 0 Å². The maximum atomic E-state index is 10.8. The maximum absolute atomic E-state index is 10.8. The number of benzene rings is 1. The molecule has 0 aliphatic carbocycles. The average molecular weight is 240 g/mol. The van der Waals surface area contributed by atoms with Crippen LogP contribution >= 0.6 is 0 Å². The number of nitrogens with zero attached hydrogens (tertiary/aromatic N) is 2.